The minimum atomic E-state index is -2.58. The van der Waals surface area contributed by atoms with Crippen LogP contribution in [0.1, 0.15) is 6.42 Å². The number of fused-ring (bicyclic) bond motifs is 2. The molecule has 2 atom stereocenters. The summed E-state index contributed by atoms with van der Waals surface area (Å²) in [7, 11) is 1.35. The Hall–Kier alpha value is -3.94. The fourth-order valence-electron chi connectivity index (χ4n) is 4.57. The van der Waals surface area contributed by atoms with Gasteiger partial charge in [-0.2, -0.15) is 4.98 Å². The lowest BCUT2D eigenvalue weighted by molar-refractivity contribution is -0.136. The van der Waals surface area contributed by atoms with Crippen LogP contribution in [0.4, 0.5) is 23.5 Å². The highest BCUT2D eigenvalue weighted by molar-refractivity contribution is 5.90. The van der Waals surface area contributed by atoms with Crippen LogP contribution in [0.25, 0.3) is 27.7 Å². The quantitative estimate of drug-likeness (QED) is 0.360. The van der Waals surface area contributed by atoms with Gasteiger partial charge >= 0.3 is 0 Å². The van der Waals surface area contributed by atoms with Crippen molar-refractivity contribution in [3.63, 3.8) is 0 Å². The van der Waals surface area contributed by atoms with Crippen LogP contribution in [-0.2, 0) is 11.3 Å². The molecule has 0 radical (unpaired) electrons. The average molecular weight is 521 g/mol. The fourth-order valence-corrected chi connectivity index (χ4v) is 4.57. The fraction of sp³-hybridized carbons (Fsp3) is 0.391. The molecule has 1 saturated heterocycles. The van der Waals surface area contributed by atoms with E-state index in [1.54, 1.807) is 18.2 Å². The largest absolute Gasteiger partial charge is 0.479 e. The molecule has 0 saturated carbocycles. The number of ether oxygens (including phenoxy) is 1. The predicted molar refractivity (Wildman–Crippen MR) is 125 cm³/mol. The van der Waals surface area contributed by atoms with Crippen molar-refractivity contribution in [1.82, 2.24) is 29.0 Å². The maximum atomic E-state index is 15.2. The Balaban J connectivity index is 1.48. The molecule has 1 aliphatic heterocycles. The van der Waals surface area contributed by atoms with Crippen LogP contribution in [0, 0.1) is 5.82 Å². The van der Waals surface area contributed by atoms with Gasteiger partial charge in [0, 0.05) is 6.54 Å². The van der Waals surface area contributed by atoms with Gasteiger partial charge < -0.3 is 24.6 Å². The number of rotatable bonds is 7. The van der Waals surface area contributed by atoms with Crippen molar-refractivity contribution >= 4 is 28.4 Å². The van der Waals surface area contributed by atoms with E-state index in [1.165, 1.54) is 27.4 Å². The van der Waals surface area contributed by atoms with Gasteiger partial charge in [0.15, 0.2) is 5.82 Å². The van der Waals surface area contributed by atoms with Crippen LogP contribution in [0.3, 0.4) is 0 Å². The second kappa shape index (κ2) is 9.84. The van der Waals surface area contributed by atoms with E-state index in [4.69, 9.17) is 9.84 Å². The first-order chi connectivity index (χ1) is 17.8. The van der Waals surface area contributed by atoms with E-state index in [0.29, 0.717) is 16.6 Å². The molecule has 10 nitrogen and oxygen atoms in total. The number of imidazole rings is 1. The summed E-state index contributed by atoms with van der Waals surface area (Å²) in [6.07, 6.45) is -1.36. The second-order valence-electron chi connectivity index (χ2n) is 8.63. The van der Waals surface area contributed by atoms with Crippen LogP contribution in [0.5, 0.6) is 5.88 Å². The zero-order chi connectivity index (χ0) is 26.3. The van der Waals surface area contributed by atoms with Crippen molar-refractivity contribution < 1.29 is 32.2 Å². The standard InChI is InChI=1S/C23H23F4N7O3/c1-37-22-21-20(12-2-3-16-17(6-12)33(11-28-16)9-18(26)27)14(25)8-34(21)31-23(30-22)29-15-4-5-32(7-13(15)24)19(36)10-35/h2-3,6,8,11,13,15,18,35H,4-5,7,9-10H2,1H3,(H,29,31)/t13-,15+/m1/s1. The molecule has 1 amide bonds. The molecule has 0 spiro atoms. The zero-order valence-electron chi connectivity index (χ0n) is 19.6. The van der Waals surface area contributed by atoms with E-state index in [0.717, 1.165) is 6.20 Å². The summed E-state index contributed by atoms with van der Waals surface area (Å²) in [5, 5.41) is 16.2. The molecule has 14 heteroatoms. The smallest absolute Gasteiger partial charge is 0.256 e. The van der Waals surface area contributed by atoms with Gasteiger partial charge in [0.1, 0.15) is 18.3 Å². The SMILES string of the molecule is COc1nc(N[C@H]2CCN(C(=O)CO)C[C@H]2F)nn2cc(F)c(-c3ccc4ncn(CC(F)F)c4c3)c12. The number of hydrogen-bond acceptors (Lipinski definition) is 7. The third kappa shape index (κ3) is 4.63. The number of aliphatic hydroxyl groups is 1. The van der Waals surface area contributed by atoms with E-state index < -0.39 is 43.5 Å². The van der Waals surface area contributed by atoms with Crippen molar-refractivity contribution in [2.75, 3.05) is 32.1 Å². The van der Waals surface area contributed by atoms with Crippen LogP contribution in [-0.4, -0.2) is 85.5 Å². The number of nitrogens with one attached hydrogen (secondary N) is 1. The van der Waals surface area contributed by atoms with Gasteiger partial charge in [-0.05, 0) is 24.1 Å². The van der Waals surface area contributed by atoms with Gasteiger partial charge in [0.05, 0.1) is 55.4 Å². The minimum absolute atomic E-state index is 0.00838. The van der Waals surface area contributed by atoms with Gasteiger partial charge in [-0.3, -0.25) is 4.79 Å². The van der Waals surface area contributed by atoms with E-state index >= 15 is 4.39 Å². The molecule has 1 aromatic carbocycles. The van der Waals surface area contributed by atoms with Gasteiger partial charge in [-0.1, -0.05) is 6.07 Å². The Morgan fingerprint density at radius 3 is 2.86 bits per heavy atom. The number of hydrogen-bond donors (Lipinski definition) is 2. The molecule has 4 aromatic rings. The highest BCUT2D eigenvalue weighted by atomic mass is 19.3. The maximum absolute atomic E-state index is 15.2. The first kappa shape index (κ1) is 24.7. The Kier molecular flexibility index (Phi) is 6.58. The molecule has 5 rings (SSSR count). The number of methoxy groups -OCH3 is 1. The van der Waals surface area contributed by atoms with Crippen molar-refractivity contribution in [2.45, 2.75) is 31.6 Å². The Morgan fingerprint density at radius 2 is 2.16 bits per heavy atom. The van der Waals surface area contributed by atoms with Gasteiger partial charge in [0.2, 0.25) is 17.7 Å². The average Bonchev–Trinajstić information content (AvgIpc) is 3.43. The number of likely N-dealkylation sites (tertiary alicyclic amines) is 1. The van der Waals surface area contributed by atoms with Crippen LogP contribution < -0.4 is 10.1 Å². The predicted octanol–water partition coefficient (Wildman–Crippen LogP) is 2.50. The van der Waals surface area contributed by atoms with Crippen LogP contribution in [0.2, 0.25) is 0 Å². The minimum Gasteiger partial charge on any atom is -0.479 e. The lowest BCUT2D eigenvalue weighted by Crippen LogP contribution is -2.50. The summed E-state index contributed by atoms with van der Waals surface area (Å²) in [6, 6.07) is 4.06. The molecule has 1 aliphatic rings. The Bertz CT molecular complexity index is 1460. The van der Waals surface area contributed by atoms with E-state index in [2.05, 4.69) is 20.4 Å². The first-order valence-corrected chi connectivity index (χ1v) is 11.4. The number of carbonyl (C=O) groups excluding carboxylic acids is 1. The van der Waals surface area contributed by atoms with Crippen LogP contribution >= 0.6 is 0 Å². The van der Waals surface area contributed by atoms with Crippen molar-refractivity contribution in [3.05, 3.63) is 36.5 Å². The molecule has 3 aromatic heterocycles. The number of piperidine rings is 1. The van der Waals surface area contributed by atoms with Gasteiger partial charge in [-0.25, -0.2) is 27.1 Å². The van der Waals surface area contributed by atoms with Crippen LogP contribution in [0.15, 0.2) is 30.7 Å². The van der Waals surface area contributed by atoms with Gasteiger partial charge in [0.25, 0.3) is 6.43 Å². The number of aromatic nitrogens is 5. The normalized spacial score (nSPS) is 18.2. The third-order valence-electron chi connectivity index (χ3n) is 6.33. The number of alkyl halides is 3. The topological polar surface area (TPSA) is 110 Å². The first-order valence-electron chi connectivity index (χ1n) is 11.4. The number of anilines is 1. The number of benzene rings is 1. The summed E-state index contributed by atoms with van der Waals surface area (Å²) in [5.41, 5.74) is 1.58. The van der Waals surface area contributed by atoms with Crippen molar-refractivity contribution in [3.8, 4) is 17.0 Å². The Labute approximate surface area is 207 Å². The highest BCUT2D eigenvalue weighted by Crippen LogP contribution is 2.35. The number of amides is 1. The molecular formula is C23H23F4N7O3. The highest BCUT2D eigenvalue weighted by Gasteiger charge is 2.32. The lowest BCUT2D eigenvalue weighted by atomic mass is 10.0. The Morgan fingerprint density at radius 1 is 1.35 bits per heavy atom. The lowest BCUT2D eigenvalue weighted by Gasteiger charge is -2.34. The molecule has 196 valence electrons. The second-order valence-corrected chi connectivity index (χ2v) is 8.63. The van der Waals surface area contributed by atoms with Crippen molar-refractivity contribution in [2.24, 2.45) is 0 Å². The van der Waals surface area contributed by atoms with E-state index in [-0.39, 0.29) is 42.4 Å². The molecule has 2 N–H and O–H groups in total. The molecule has 4 heterocycles. The molecule has 37 heavy (non-hydrogen) atoms. The summed E-state index contributed by atoms with van der Waals surface area (Å²) >= 11 is 0. The van der Waals surface area contributed by atoms with E-state index in [9.17, 15) is 18.0 Å². The number of aliphatic hydroxyl groups excluding tert-OH is 1. The van der Waals surface area contributed by atoms with Crippen molar-refractivity contribution in [1.29, 1.82) is 0 Å². The molecular weight excluding hydrogens is 498 g/mol. The number of carbonyl (C=O) groups is 1. The van der Waals surface area contributed by atoms with E-state index in [1.807, 2.05) is 0 Å². The molecule has 0 bridgehead atoms. The zero-order valence-corrected chi connectivity index (χ0v) is 19.6. The van der Waals surface area contributed by atoms with Gasteiger partial charge in [-0.15, -0.1) is 5.10 Å². The number of nitrogens with zero attached hydrogens (tertiary/aromatic N) is 6. The number of halogens is 4. The summed E-state index contributed by atoms with van der Waals surface area (Å²) in [4.78, 5) is 21.3. The summed E-state index contributed by atoms with van der Waals surface area (Å²) < 4.78 is 63.8. The maximum Gasteiger partial charge on any atom is 0.256 e. The third-order valence-corrected chi connectivity index (χ3v) is 6.33. The molecule has 1 fully saturated rings. The monoisotopic (exact) mass is 521 g/mol. The molecule has 0 unspecified atom stereocenters. The summed E-state index contributed by atoms with van der Waals surface area (Å²) in [6.45, 7) is -1.19. The molecule has 0 aliphatic carbocycles. The summed E-state index contributed by atoms with van der Waals surface area (Å²) in [5.74, 6) is -1.19.